The summed E-state index contributed by atoms with van der Waals surface area (Å²) in [7, 11) is 0. The maximum Gasteiger partial charge on any atom is 0.290 e. The Balaban J connectivity index is 0.000000758. The molecule has 1 saturated heterocycles. The number of likely N-dealkylation sites (tertiary alicyclic amines) is 1. The summed E-state index contributed by atoms with van der Waals surface area (Å²) in [4.78, 5) is 41.8. The molecule has 0 bridgehead atoms. The van der Waals surface area contributed by atoms with Crippen molar-refractivity contribution >= 4 is 12.4 Å². The highest BCUT2D eigenvalue weighted by Gasteiger charge is 2.27. The second-order valence-electron chi connectivity index (χ2n) is 6.26. The predicted octanol–water partition coefficient (Wildman–Crippen LogP) is 1.67. The molecule has 1 amide bonds. The second-order valence-corrected chi connectivity index (χ2v) is 6.26. The first-order valence-corrected chi connectivity index (χ1v) is 8.60. The number of aromatic amines is 1. The zero-order valence-electron chi connectivity index (χ0n) is 14.8. The monoisotopic (exact) mass is 360 g/mol. The number of hydrogen-bond donors (Lipinski definition) is 2. The van der Waals surface area contributed by atoms with Crippen LogP contribution in [0, 0.1) is 6.92 Å². The van der Waals surface area contributed by atoms with Crippen LogP contribution in [0.2, 0.25) is 0 Å². The Labute approximate surface area is 151 Å². The summed E-state index contributed by atoms with van der Waals surface area (Å²) in [6.45, 7) is 3.15. The standard InChI is InChI=1S/C17H22N4O2.CH2O2/c1-13-10-15(22)11-16(19-13)17(23)21-7-3-2-4-14(21)5-8-20-9-6-18-12-20;2-1-3/h6,9-12,14H,2-5,7-8H2,1H3,(H,19,22);1H,(H,2,3). The average molecular weight is 360 g/mol. The molecule has 2 aromatic heterocycles. The van der Waals surface area contributed by atoms with Crippen LogP contribution in [0.15, 0.2) is 35.6 Å². The highest BCUT2D eigenvalue weighted by Crippen LogP contribution is 2.22. The van der Waals surface area contributed by atoms with Gasteiger partial charge >= 0.3 is 0 Å². The van der Waals surface area contributed by atoms with Crippen molar-refractivity contribution in [3.63, 3.8) is 0 Å². The number of carboxylic acid groups (broad SMARTS) is 1. The molecule has 1 aliphatic rings. The molecule has 1 fully saturated rings. The van der Waals surface area contributed by atoms with Gasteiger partial charge < -0.3 is 19.6 Å². The molecule has 3 heterocycles. The lowest BCUT2D eigenvalue weighted by Crippen LogP contribution is -2.44. The van der Waals surface area contributed by atoms with E-state index in [1.165, 1.54) is 12.1 Å². The molecule has 0 aromatic carbocycles. The van der Waals surface area contributed by atoms with Crippen molar-refractivity contribution in [3.8, 4) is 0 Å². The number of piperidine rings is 1. The van der Waals surface area contributed by atoms with E-state index in [0.29, 0.717) is 11.4 Å². The minimum absolute atomic E-state index is 0.0684. The Bertz CT molecular complexity index is 770. The number of nitrogens with zero attached hydrogens (tertiary/aromatic N) is 3. The number of amides is 1. The van der Waals surface area contributed by atoms with Crippen LogP contribution in [0.4, 0.5) is 0 Å². The van der Waals surface area contributed by atoms with E-state index in [4.69, 9.17) is 9.90 Å². The van der Waals surface area contributed by atoms with Gasteiger partial charge in [0.15, 0.2) is 5.43 Å². The van der Waals surface area contributed by atoms with Crippen LogP contribution >= 0.6 is 0 Å². The van der Waals surface area contributed by atoms with Crippen molar-refractivity contribution in [1.29, 1.82) is 0 Å². The molecule has 0 saturated carbocycles. The first kappa shape index (κ1) is 19.4. The molecule has 2 aromatic rings. The number of H-pyrrole nitrogens is 1. The molecule has 1 unspecified atom stereocenters. The van der Waals surface area contributed by atoms with Crippen LogP contribution in [0.5, 0.6) is 0 Å². The van der Waals surface area contributed by atoms with E-state index in [-0.39, 0.29) is 23.9 Å². The smallest absolute Gasteiger partial charge is 0.290 e. The Kier molecular flexibility index (Phi) is 7.13. The number of nitrogens with one attached hydrogen (secondary N) is 1. The van der Waals surface area contributed by atoms with E-state index in [2.05, 4.69) is 9.97 Å². The first-order chi connectivity index (χ1) is 12.5. The normalized spacial score (nSPS) is 16.5. The van der Waals surface area contributed by atoms with Crippen LogP contribution in [0.25, 0.3) is 0 Å². The number of carbonyl (C=O) groups is 2. The minimum atomic E-state index is -0.250. The van der Waals surface area contributed by atoms with Crippen LogP contribution in [0.1, 0.15) is 41.9 Å². The molecule has 26 heavy (non-hydrogen) atoms. The molecular weight excluding hydrogens is 336 g/mol. The van der Waals surface area contributed by atoms with E-state index < -0.39 is 0 Å². The molecule has 0 aliphatic carbocycles. The van der Waals surface area contributed by atoms with E-state index in [1.54, 1.807) is 19.4 Å². The molecule has 8 nitrogen and oxygen atoms in total. The first-order valence-electron chi connectivity index (χ1n) is 8.60. The fourth-order valence-electron chi connectivity index (χ4n) is 3.24. The maximum atomic E-state index is 12.8. The zero-order chi connectivity index (χ0) is 18.9. The Morgan fingerprint density at radius 2 is 2.19 bits per heavy atom. The summed E-state index contributed by atoms with van der Waals surface area (Å²) in [5.41, 5.74) is 0.980. The van der Waals surface area contributed by atoms with Gasteiger partial charge in [-0.1, -0.05) is 0 Å². The summed E-state index contributed by atoms with van der Waals surface area (Å²) in [5, 5.41) is 6.89. The third-order valence-electron chi connectivity index (χ3n) is 4.38. The molecule has 1 atom stereocenters. The fraction of sp³-hybridized carbons (Fsp3) is 0.444. The molecule has 1 aliphatic heterocycles. The second kappa shape index (κ2) is 9.55. The van der Waals surface area contributed by atoms with Crippen molar-refractivity contribution in [1.82, 2.24) is 19.4 Å². The van der Waals surface area contributed by atoms with Gasteiger partial charge in [-0.2, -0.15) is 0 Å². The average Bonchev–Trinajstić information content (AvgIpc) is 3.13. The molecular formula is C18H24N4O4. The lowest BCUT2D eigenvalue weighted by Gasteiger charge is -2.36. The van der Waals surface area contributed by atoms with Gasteiger partial charge in [-0.25, -0.2) is 4.98 Å². The van der Waals surface area contributed by atoms with Crippen molar-refractivity contribution in [2.75, 3.05) is 6.54 Å². The van der Waals surface area contributed by atoms with Gasteiger partial charge in [0.25, 0.3) is 12.4 Å². The van der Waals surface area contributed by atoms with E-state index in [0.717, 1.165) is 38.8 Å². The fourth-order valence-corrected chi connectivity index (χ4v) is 3.24. The van der Waals surface area contributed by atoms with Gasteiger partial charge in [0, 0.05) is 49.4 Å². The summed E-state index contributed by atoms with van der Waals surface area (Å²) in [6, 6.07) is 3.11. The highest BCUT2D eigenvalue weighted by atomic mass is 16.3. The van der Waals surface area contributed by atoms with Crippen LogP contribution in [-0.4, -0.2) is 49.5 Å². The van der Waals surface area contributed by atoms with E-state index in [1.807, 2.05) is 15.7 Å². The number of aromatic nitrogens is 3. The summed E-state index contributed by atoms with van der Waals surface area (Å²) >= 11 is 0. The Hall–Kier alpha value is -2.90. The largest absolute Gasteiger partial charge is 0.483 e. The Morgan fingerprint density at radius 1 is 1.42 bits per heavy atom. The number of pyridine rings is 1. The summed E-state index contributed by atoms with van der Waals surface area (Å²) in [6.07, 6.45) is 9.57. The van der Waals surface area contributed by atoms with E-state index >= 15 is 0 Å². The van der Waals surface area contributed by atoms with Crippen LogP contribution in [0.3, 0.4) is 0 Å². The minimum Gasteiger partial charge on any atom is -0.483 e. The molecule has 3 rings (SSSR count). The van der Waals surface area contributed by atoms with Gasteiger partial charge in [-0.15, -0.1) is 0 Å². The van der Waals surface area contributed by atoms with Crippen molar-refractivity contribution < 1.29 is 14.7 Å². The number of rotatable bonds is 4. The molecule has 2 N–H and O–H groups in total. The molecule has 8 heteroatoms. The van der Waals surface area contributed by atoms with Gasteiger partial charge in [0.2, 0.25) is 0 Å². The number of carbonyl (C=O) groups excluding carboxylic acids is 1. The summed E-state index contributed by atoms with van der Waals surface area (Å²) < 4.78 is 2.03. The third-order valence-corrected chi connectivity index (χ3v) is 4.38. The zero-order valence-corrected chi connectivity index (χ0v) is 14.8. The van der Waals surface area contributed by atoms with Gasteiger partial charge in [-0.05, 0) is 32.6 Å². The lowest BCUT2D eigenvalue weighted by atomic mass is 9.98. The number of aryl methyl sites for hydroxylation is 2. The third kappa shape index (κ3) is 5.30. The molecule has 140 valence electrons. The van der Waals surface area contributed by atoms with E-state index in [9.17, 15) is 9.59 Å². The van der Waals surface area contributed by atoms with Crippen LogP contribution < -0.4 is 5.43 Å². The van der Waals surface area contributed by atoms with Crippen molar-refractivity contribution in [3.05, 3.63) is 52.5 Å². The quantitative estimate of drug-likeness (QED) is 0.806. The molecule has 0 spiro atoms. The van der Waals surface area contributed by atoms with Gasteiger partial charge in [0.05, 0.1) is 6.33 Å². The summed E-state index contributed by atoms with van der Waals surface area (Å²) in [5.74, 6) is -0.0684. The number of hydrogen-bond acceptors (Lipinski definition) is 4. The highest BCUT2D eigenvalue weighted by molar-refractivity contribution is 5.92. The predicted molar refractivity (Wildman–Crippen MR) is 96.0 cm³/mol. The Morgan fingerprint density at radius 3 is 2.85 bits per heavy atom. The lowest BCUT2D eigenvalue weighted by molar-refractivity contribution is -0.122. The number of imidazole rings is 1. The van der Waals surface area contributed by atoms with Gasteiger partial charge in [0.1, 0.15) is 5.69 Å². The van der Waals surface area contributed by atoms with Crippen molar-refractivity contribution in [2.45, 2.75) is 45.2 Å². The topological polar surface area (TPSA) is 108 Å². The molecule has 0 radical (unpaired) electrons. The van der Waals surface area contributed by atoms with Crippen molar-refractivity contribution in [2.24, 2.45) is 0 Å². The maximum absolute atomic E-state index is 12.8. The van der Waals surface area contributed by atoms with Gasteiger partial charge in [-0.3, -0.25) is 14.4 Å². The van der Waals surface area contributed by atoms with Crippen LogP contribution in [-0.2, 0) is 11.3 Å². The SMILES string of the molecule is Cc1cc(=O)cc(C(=O)N2CCCCC2CCn2ccnc2)[nH]1.O=CO.